The van der Waals surface area contributed by atoms with E-state index in [9.17, 15) is 19.5 Å². The molecule has 42 heavy (non-hydrogen) atoms. The Balaban J connectivity index is 1.50. The number of amides is 3. The number of hydrogen-bond acceptors (Lipinski definition) is 7. The molecule has 0 aliphatic carbocycles. The molecule has 2 bridgehead atoms. The molecule has 4 heterocycles. The molecule has 5 atom stereocenters. The molecule has 3 fully saturated rings. The fourth-order valence-corrected chi connectivity index (χ4v) is 9.66. The third kappa shape index (κ3) is 5.04. The van der Waals surface area contributed by atoms with Crippen LogP contribution in [0.4, 0.5) is 0 Å². The summed E-state index contributed by atoms with van der Waals surface area (Å²) in [7, 11) is 1.76. The lowest BCUT2D eigenvalue weighted by Gasteiger charge is -2.37. The fraction of sp³-hybridized carbons (Fsp3) is 0.581. The lowest BCUT2D eigenvalue weighted by molar-refractivity contribution is -0.145. The number of aliphatic hydroxyl groups excluding tert-OH is 1. The number of likely N-dealkylation sites (tertiary alicyclic amines) is 1. The molecule has 3 aliphatic heterocycles. The first-order valence-electron chi connectivity index (χ1n) is 14.9. The van der Waals surface area contributed by atoms with Crippen molar-refractivity contribution in [1.82, 2.24) is 29.7 Å². The van der Waals surface area contributed by atoms with Gasteiger partial charge in [-0.3, -0.25) is 14.4 Å². The second kappa shape index (κ2) is 12.2. The van der Waals surface area contributed by atoms with Gasteiger partial charge in [0.15, 0.2) is 0 Å². The maximum atomic E-state index is 14.7. The molecule has 2 aromatic rings. The van der Waals surface area contributed by atoms with E-state index in [2.05, 4.69) is 30.4 Å². The summed E-state index contributed by atoms with van der Waals surface area (Å²) < 4.78 is 0.593. The summed E-state index contributed by atoms with van der Waals surface area (Å²) in [4.78, 5) is 48.1. The summed E-state index contributed by atoms with van der Waals surface area (Å²) >= 11 is 1.68. The van der Waals surface area contributed by atoms with Crippen molar-refractivity contribution in [2.24, 2.45) is 11.8 Å². The van der Waals surface area contributed by atoms with Crippen LogP contribution in [-0.4, -0.2) is 101 Å². The Morgan fingerprint density at radius 3 is 2.60 bits per heavy atom. The minimum Gasteiger partial charge on any atom is -0.396 e. The minimum absolute atomic E-state index is 0.0575. The Kier molecular flexibility index (Phi) is 8.80. The second-order valence-electron chi connectivity index (χ2n) is 12.0. The predicted molar refractivity (Wildman–Crippen MR) is 163 cm³/mol. The maximum Gasteiger partial charge on any atom is 0.248 e. The van der Waals surface area contributed by atoms with E-state index in [0.717, 1.165) is 36.7 Å². The zero-order valence-corrected chi connectivity index (χ0v) is 25.5. The van der Waals surface area contributed by atoms with Crippen LogP contribution in [0.25, 0.3) is 11.0 Å². The zero-order chi connectivity index (χ0) is 30.1. The van der Waals surface area contributed by atoms with Gasteiger partial charge >= 0.3 is 0 Å². The van der Waals surface area contributed by atoms with E-state index < -0.39 is 27.4 Å². The number of thioether (sulfide) groups is 1. The van der Waals surface area contributed by atoms with Gasteiger partial charge in [0.05, 0.1) is 22.1 Å². The Hall–Kier alpha value is -3.18. The van der Waals surface area contributed by atoms with Crippen molar-refractivity contribution < 1.29 is 19.5 Å². The summed E-state index contributed by atoms with van der Waals surface area (Å²) in [6.07, 6.45) is 7.99. The van der Waals surface area contributed by atoms with Crippen molar-refractivity contribution in [2.75, 3.05) is 33.3 Å². The van der Waals surface area contributed by atoms with Gasteiger partial charge in [-0.25, -0.2) is 4.68 Å². The van der Waals surface area contributed by atoms with Gasteiger partial charge in [-0.1, -0.05) is 42.3 Å². The van der Waals surface area contributed by atoms with E-state index in [-0.39, 0.29) is 37.5 Å². The first-order chi connectivity index (χ1) is 20.2. The van der Waals surface area contributed by atoms with Crippen molar-refractivity contribution in [3.05, 3.63) is 49.6 Å². The van der Waals surface area contributed by atoms with E-state index in [0.29, 0.717) is 25.9 Å². The lowest BCUT2D eigenvalue weighted by atomic mass is 9.66. The molecular weight excluding hydrogens is 552 g/mol. The largest absolute Gasteiger partial charge is 0.396 e. The monoisotopic (exact) mass is 594 g/mol. The number of para-hydroxylation sites is 1. The number of benzene rings is 1. The normalized spacial score (nSPS) is 27.8. The van der Waals surface area contributed by atoms with Crippen LogP contribution in [0.2, 0.25) is 0 Å². The van der Waals surface area contributed by atoms with Crippen LogP contribution in [0, 0.1) is 11.8 Å². The summed E-state index contributed by atoms with van der Waals surface area (Å²) in [5, 5.41) is 17.8. The molecule has 1 spiro atoms. The van der Waals surface area contributed by atoms with Gasteiger partial charge in [0.2, 0.25) is 17.7 Å². The minimum atomic E-state index is -0.697. The van der Waals surface area contributed by atoms with Gasteiger partial charge in [0, 0.05) is 38.0 Å². The first-order valence-corrected chi connectivity index (χ1v) is 15.7. The molecule has 10 nitrogen and oxygen atoms in total. The molecule has 3 saturated heterocycles. The molecule has 1 aromatic heterocycles. The molecule has 0 saturated carbocycles. The number of carbonyl (C=O) groups excluding carboxylic acids is 3. The van der Waals surface area contributed by atoms with E-state index >= 15 is 0 Å². The summed E-state index contributed by atoms with van der Waals surface area (Å²) in [6.45, 7) is 11.2. The van der Waals surface area contributed by atoms with Gasteiger partial charge in [-0.15, -0.1) is 30.0 Å². The van der Waals surface area contributed by atoms with Gasteiger partial charge in [-0.2, -0.15) is 0 Å². The highest BCUT2D eigenvalue weighted by molar-refractivity contribution is 8.02. The number of nitrogens with zero attached hydrogens (tertiary/aromatic N) is 6. The molecular formula is C31H42N6O4S. The van der Waals surface area contributed by atoms with Crippen LogP contribution in [0.1, 0.15) is 45.4 Å². The van der Waals surface area contributed by atoms with Gasteiger partial charge in [0.25, 0.3) is 0 Å². The fourth-order valence-electron chi connectivity index (χ4n) is 7.32. The van der Waals surface area contributed by atoms with Gasteiger partial charge in [0.1, 0.15) is 18.2 Å². The molecule has 1 aromatic carbocycles. The van der Waals surface area contributed by atoms with Crippen molar-refractivity contribution >= 4 is 40.5 Å². The van der Waals surface area contributed by atoms with Crippen LogP contribution in [0.3, 0.4) is 0 Å². The topological polar surface area (TPSA) is 112 Å². The average molecular weight is 595 g/mol. The van der Waals surface area contributed by atoms with Crippen molar-refractivity contribution in [2.45, 2.75) is 67.7 Å². The van der Waals surface area contributed by atoms with E-state index in [1.807, 2.05) is 24.3 Å². The number of fused-ring (bicyclic) bond motifs is 2. The van der Waals surface area contributed by atoms with Crippen LogP contribution >= 0.6 is 11.8 Å². The standard InChI is InChI=1S/C31H42N6O4S/c1-5-17-34(4)27(39)24-25-28(40)36(19-11-7-8-12-20-38)26(31(25)16-15-30(24,3)42-31)29(41)35(18-6-2)21-37-23-14-10-9-13-22(23)32-33-37/h5-6,9-10,13-14,24-26,38H,1-2,7-8,11-12,15-21H2,3-4H3/t24-,25+,26?,30+,31?/m1/s1. The van der Waals surface area contributed by atoms with Crippen molar-refractivity contribution in [3.63, 3.8) is 0 Å². The SMILES string of the molecule is C=CCN(C)C(=O)[C@H]1[C@H]2C(=O)N(CCCCCCO)C(C(=O)N(CC=C)Cn3nnc4ccccc43)C23CC[C@]1(C)S3. The molecule has 2 unspecified atom stereocenters. The highest BCUT2D eigenvalue weighted by Crippen LogP contribution is 2.71. The number of aromatic nitrogens is 3. The number of aliphatic hydroxyl groups is 1. The van der Waals surface area contributed by atoms with Crippen LogP contribution in [0.5, 0.6) is 0 Å². The molecule has 3 amide bonds. The third-order valence-corrected chi connectivity index (χ3v) is 11.2. The van der Waals surface area contributed by atoms with Gasteiger partial charge < -0.3 is 19.8 Å². The number of unbranched alkanes of at least 4 members (excludes halogenated alkanes) is 3. The molecule has 226 valence electrons. The highest BCUT2D eigenvalue weighted by Gasteiger charge is 2.77. The maximum absolute atomic E-state index is 14.7. The summed E-state index contributed by atoms with van der Waals surface area (Å²) in [5.74, 6) is -1.37. The zero-order valence-electron chi connectivity index (χ0n) is 24.7. The molecule has 0 radical (unpaired) electrons. The summed E-state index contributed by atoms with van der Waals surface area (Å²) in [5.41, 5.74) is 1.56. The molecule has 3 aliphatic rings. The number of carbonyl (C=O) groups is 3. The van der Waals surface area contributed by atoms with Crippen LogP contribution in [0.15, 0.2) is 49.6 Å². The van der Waals surface area contributed by atoms with Crippen LogP contribution in [-0.2, 0) is 21.1 Å². The number of hydrogen-bond donors (Lipinski definition) is 1. The first kappa shape index (κ1) is 30.3. The molecule has 1 N–H and O–H groups in total. The molecule has 11 heteroatoms. The number of likely N-dealkylation sites (N-methyl/N-ethyl adjacent to an activating group) is 1. The Morgan fingerprint density at radius 1 is 1.12 bits per heavy atom. The van der Waals surface area contributed by atoms with Crippen molar-refractivity contribution in [1.29, 1.82) is 0 Å². The smallest absolute Gasteiger partial charge is 0.248 e. The van der Waals surface area contributed by atoms with Crippen molar-refractivity contribution in [3.8, 4) is 0 Å². The third-order valence-electron chi connectivity index (χ3n) is 9.25. The van der Waals surface area contributed by atoms with E-state index in [1.54, 1.807) is 50.3 Å². The predicted octanol–water partition coefficient (Wildman–Crippen LogP) is 3.08. The second-order valence-corrected chi connectivity index (χ2v) is 13.9. The van der Waals surface area contributed by atoms with E-state index in [1.165, 1.54) is 0 Å². The Morgan fingerprint density at radius 2 is 1.86 bits per heavy atom. The van der Waals surface area contributed by atoms with E-state index in [4.69, 9.17) is 0 Å². The highest BCUT2D eigenvalue weighted by atomic mass is 32.2. The van der Waals surface area contributed by atoms with Crippen LogP contribution < -0.4 is 0 Å². The Labute approximate surface area is 251 Å². The average Bonchev–Trinajstić information content (AvgIpc) is 3.68. The number of rotatable bonds is 14. The van der Waals surface area contributed by atoms with Gasteiger partial charge in [-0.05, 0) is 44.7 Å². The molecule has 5 rings (SSSR count). The summed E-state index contributed by atoms with van der Waals surface area (Å²) in [6, 6.07) is 6.91. The lowest BCUT2D eigenvalue weighted by Crippen LogP contribution is -2.55. The Bertz CT molecular complexity index is 1360. The quantitative estimate of drug-likeness (QED) is 0.264.